The second kappa shape index (κ2) is 9.91. The number of para-hydroxylation sites is 1. The first-order chi connectivity index (χ1) is 18.9. The Balaban J connectivity index is 1.55. The van der Waals surface area contributed by atoms with Crippen LogP contribution in [0, 0.1) is 19.7 Å². The summed E-state index contributed by atoms with van der Waals surface area (Å²) in [7, 11) is 0. The van der Waals surface area contributed by atoms with E-state index in [4.69, 9.17) is 5.10 Å². The summed E-state index contributed by atoms with van der Waals surface area (Å²) in [6, 6.07) is 25.6. The lowest BCUT2D eigenvalue weighted by Crippen LogP contribution is -2.38. The summed E-state index contributed by atoms with van der Waals surface area (Å²) in [6.45, 7) is 6.45. The topological polar surface area (TPSA) is 55.1 Å². The van der Waals surface area contributed by atoms with E-state index in [1.807, 2.05) is 91.5 Å². The minimum absolute atomic E-state index is 0.261. The van der Waals surface area contributed by atoms with Crippen LogP contribution in [0.3, 0.4) is 0 Å². The molecule has 3 heterocycles. The molecule has 1 atom stereocenters. The Labute approximate surface area is 227 Å². The highest BCUT2D eigenvalue weighted by Gasteiger charge is 2.36. The number of aromatic nitrogens is 3. The van der Waals surface area contributed by atoms with Gasteiger partial charge in [0, 0.05) is 17.4 Å². The first-order valence-electron chi connectivity index (χ1n) is 13.2. The van der Waals surface area contributed by atoms with Crippen LogP contribution in [0.2, 0.25) is 0 Å². The van der Waals surface area contributed by atoms with Gasteiger partial charge in [-0.15, -0.1) is 0 Å². The quantitative estimate of drug-likeness (QED) is 0.275. The summed E-state index contributed by atoms with van der Waals surface area (Å²) in [5.74, 6) is 0.549. The van der Waals surface area contributed by atoms with Gasteiger partial charge < -0.3 is 14.8 Å². The van der Waals surface area contributed by atoms with E-state index in [2.05, 4.69) is 16.8 Å². The Morgan fingerprint density at radius 2 is 1.79 bits per heavy atom. The number of urea groups is 1. The molecule has 1 aliphatic heterocycles. The van der Waals surface area contributed by atoms with Crippen molar-refractivity contribution < 1.29 is 9.18 Å². The van der Waals surface area contributed by atoms with Gasteiger partial charge >= 0.3 is 6.03 Å². The van der Waals surface area contributed by atoms with E-state index in [0.29, 0.717) is 18.5 Å². The molecule has 39 heavy (non-hydrogen) atoms. The fourth-order valence-electron chi connectivity index (χ4n) is 5.39. The largest absolute Gasteiger partial charge is 0.322 e. The molecule has 0 fully saturated rings. The monoisotopic (exact) mass is 519 g/mol. The Morgan fingerprint density at radius 1 is 0.974 bits per heavy atom. The number of rotatable bonds is 4. The molecule has 0 saturated heterocycles. The Hall–Kier alpha value is -4.65. The third-order valence-corrected chi connectivity index (χ3v) is 7.49. The molecule has 5 aromatic rings. The van der Waals surface area contributed by atoms with E-state index in [0.717, 1.165) is 45.3 Å². The Kier molecular flexibility index (Phi) is 6.27. The highest BCUT2D eigenvalue weighted by atomic mass is 19.1. The minimum Gasteiger partial charge on any atom is -0.308 e. The van der Waals surface area contributed by atoms with Crippen molar-refractivity contribution in [1.82, 2.24) is 19.2 Å². The van der Waals surface area contributed by atoms with E-state index in [9.17, 15) is 9.18 Å². The number of carbonyl (C=O) groups excluding carboxylic acids is 1. The molecule has 2 amide bonds. The third-order valence-electron chi connectivity index (χ3n) is 7.49. The average molecular weight is 520 g/mol. The maximum Gasteiger partial charge on any atom is 0.322 e. The zero-order valence-electron chi connectivity index (χ0n) is 22.2. The molecule has 6 rings (SSSR count). The molecule has 196 valence electrons. The SMILES string of the molecule is CCc1nn(-c2ccccc2)c2c1CN(C(=O)Nc1ccc(C)c(C)c1)[C@H](c1cccc(F)c1)c1cccn1-2. The van der Waals surface area contributed by atoms with Crippen molar-refractivity contribution in [3.63, 3.8) is 0 Å². The van der Waals surface area contributed by atoms with Crippen LogP contribution in [-0.2, 0) is 13.0 Å². The van der Waals surface area contributed by atoms with Crippen LogP contribution in [0.4, 0.5) is 14.9 Å². The average Bonchev–Trinajstić information content (AvgIpc) is 3.52. The van der Waals surface area contributed by atoms with Gasteiger partial charge in [0.05, 0.1) is 29.7 Å². The van der Waals surface area contributed by atoms with E-state index in [1.54, 1.807) is 11.0 Å². The molecule has 6 nitrogen and oxygen atoms in total. The number of aryl methyl sites for hydroxylation is 3. The molecule has 0 bridgehead atoms. The minimum atomic E-state index is -0.524. The lowest BCUT2D eigenvalue weighted by molar-refractivity contribution is 0.194. The fourth-order valence-corrected chi connectivity index (χ4v) is 5.39. The molecule has 7 heteroatoms. The van der Waals surface area contributed by atoms with E-state index in [1.165, 1.54) is 12.1 Å². The summed E-state index contributed by atoms with van der Waals surface area (Å²) in [5, 5.41) is 8.10. The number of hydrogen-bond acceptors (Lipinski definition) is 2. The number of fused-ring (bicyclic) bond motifs is 3. The van der Waals surface area contributed by atoms with E-state index < -0.39 is 6.04 Å². The number of nitrogens with one attached hydrogen (secondary N) is 1. The van der Waals surface area contributed by atoms with Crippen molar-refractivity contribution >= 4 is 11.7 Å². The van der Waals surface area contributed by atoms with E-state index in [-0.39, 0.29) is 11.8 Å². The maximum absolute atomic E-state index is 14.6. The smallest absolute Gasteiger partial charge is 0.308 e. The highest BCUT2D eigenvalue weighted by molar-refractivity contribution is 5.90. The number of halogens is 1. The van der Waals surface area contributed by atoms with Gasteiger partial charge in [-0.1, -0.05) is 43.3 Å². The predicted octanol–water partition coefficient (Wildman–Crippen LogP) is 7.12. The van der Waals surface area contributed by atoms with Gasteiger partial charge in [-0.05, 0) is 85.5 Å². The van der Waals surface area contributed by atoms with Gasteiger partial charge in [-0.25, -0.2) is 13.9 Å². The molecule has 0 aliphatic carbocycles. The lowest BCUT2D eigenvalue weighted by Gasteiger charge is -2.31. The lowest BCUT2D eigenvalue weighted by atomic mass is 10.0. The fraction of sp³-hybridized carbons (Fsp3) is 0.188. The molecule has 0 unspecified atom stereocenters. The predicted molar refractivity (Wildman–Crippen MR) is 151 cm³/mol. The highest BCUT2D eigenvalue weighted by Crippen LogP contribution is 2.39. The molecule has 2 aromatic heterocycles. The van der Waals surface area contributed by atoms with Gasteiger partial charge in [0.1, 0.15) is 11.6 Å². The van der Waals surface area contributed by atoms with Gasteiger partial charge in [-0.3, -0.25) is 0 Å². The number of amides is 2. The Bertz CT molecular complexity index is 1670. The third kappa shape index (κ3) is 4.40. The normalized spacial score (nSPS) is 14.5. The maximum atomic E-state index is 14.6. The zero-order valence-corrected chi connectivity index (χ0v) is 22.2. The molecule has 1 aliphatic rings. The van der Waals surface area contributed by atoms with Crippen molar-refractivity contribution in [2.24, 2.45) is 0 Å². The van der Waals surface area contributed by atoms with Crippen LogP contribution in [0.1, 0.15) is 46.6 Å². The first kappa shape index (κ1) is 24.7. The van der Waals surface area contributed by atoms with Gasteiger partial charge in [0.15, 0.2) is 0 Å². The Morgan fingerprint density at radius 3 is 2.54 bits per heavy atom. The second-order valence-electron chi connectivity index (χ2n) is 9.97. The molecule has 0 radical (unpaired) electrons. The van der Waals surface area contributed by atoms with Crippen molar-refractivity contribution in [2.45, 2.75) is 39.8 Å². The number of carbonyl (C=O) groups is 1. The van der Waals surface area contributed by atoms with Crippen LogP contribution >= 0.6 is 0 Å². The number of benzene rings is 3. The summed E-state index contributed by atoms with van der Waals surface area (Å²) in [4.78, 5) is 15.9. The van der Waals surface area contributed by atoms with Crippen LogP contribution < -0.4 is 5.32 Å². The molecule has 1 N–H and O–H groups in total. The molecule has 0 spiro atoms. The standard InChI is InChI=1S/C32H30FN5O/c1-4-28-27-20-37(32(39)34-25-16-15-21(2)22(3)18-25)30(23-10-8-11-24(33)19-23)29-14-9-17-36(29)31(27)38(35-28)26-12-6-5-7-13-26/h5-19,30H,4,20H2,1-3H3,(H,34,39)/t30-/m1/s1. The summed E-state index contributed by atoms with van der Waals surface area (Å²) in [5.41, 5.74) is 7.34. The molecule has 3 aromatic carbocycles. The van der Waals surface area contributed by atoms with Crippen molar-refractivity contribution in [3.05, 3.63) is 131 Å². The van der Waals surface area contributed by atoms with Gasteiger partial charge in [0.25, 0.3) is 0 Å². The summed E-state index contributed by atoms with van der Waals surface area (Å²) >= 11 is 0. The zero-order chi connectivity index (χ0) is 27.1. The number of hydrogen-bond donors (Lipinski definition) is 1. The van der Waals surface area contributed by atoms with Gasteiger partial charge in [0.2, 0.25) is 0 Å². The van der Waals surface area contributed by atoms with Crippen LogP contribution in [-0.4, -0.2) is 25.3 Å². The number of anilines is 1. The van der Waals surface area contributed by atoms with E-state index >= 15 is 0 Å². The van der Waals surface area contributed by atoms with Crippen molar-refractivity contribution in [1.29, 1.82) is 0 Å². The number of nitrogens with zero attached hydrogens (tertiary/aromatic N) is 4. The summed E-state index contributed by atoms with van der Waals surface area (Å²) < 4.78 is 18.6. The van der Waals surface area contributed by atoms with Crippen LogP contribution in [0.15, 0.2) is 91.1 Å². The molecule has 0 saturated carbocycles. The van der Waals surface area contributed by atoms with Crippen molar-refractivity contribution in [3.8, 4) is 11.5 Å². The second-order valence-corrected chi connectivity index (χ2v) is 9.97. The summed E-state index contributed by atoms with van der Waals surface area (Å²) in [6.07, 6.45) is 2.70. The first-order valence-corrected chi connectivity index (χ1v) is 13.2. The molecular weight excluding hydrogens is 489 g/mol. The van der Waals surface area contributed by atoms with Crippen LogP contribution in [0.5, 0.6) is 0 Å². The van der Waals surface area contributed by atoms with Crippen LogP contribution in [0.25, 0.3) is 11.5 Å². The van der Waals surface area contributed by atoms with Crippen molar-refractivity contribution in [2.75, 3.05) is 5.32 Å². The molecular formula is C32H30FN5O. The van der Waals surface area contributed by atoms with Gasteiger partial charge in [-0.2, -0.15) is 5.10 Å².